The largest absolute Gasteiger partial charge is 0.493 e. The number of hydrogen-bond acceptors (Lipinski definition) is 5. The molecule has 4 aromatic rings. The van der Waals surface area contributed by atoms with Crippen molar-refractivity contribution in [3.8, 4) is 11.5 Å². The Balaban J connectivity index is 1.38. The van der Waals surface area contributed by atoms with Crippen LogP contribution < -0.4 is 9.47 Å². The third kappa shape index (κ3) is 5.18. The minimum Gasteiger partial charge on any atom is -0.493 e. The van der Waals surface area contributed by atoms with Crippen LogP contribution in [0.25, 0.3) is 16.8 Å². The molecule has 38 heavy (non-hydrogen) atoms. The van der Waals surface area contributed by atoms with E-state index in [4.69, 9.17) is 14.5 Å². The lowest BCUT2D eigenvalue weighted by molar-refractivity contribution is -0.122. The molecule has 5 rings (SSSR count). The summed E-state index contributed by atoms with van der Waals surface area (Å²) in [6, 6.07) is 26.3. The molecule has 4 aromatic carbocycles. The van der Waals surface area contributed by atoms with Gasteiger partial charge in [-0.05, 0) is 83.8 Å². The maximum absolute atomic E-state index is 13.2. The Morgan fingerprint density at radius 3 is 2.42 bits per heavy atom. The number of hydrogen-bond donors (Lipinski definition) is 0. The van der Waals surface area contributed by atoms with Gasteiger partial charge in [0.1, 0.15) is 6.61 Å². The van der Waals surface area contributed by atoms with Crippen molar-refractivity contribution in [2.75, 3.05) is 13.7 Å². The molecule has 1 fully saturated rings. The van der Waals surface area contributed by atoms with E-state index in [0.29, 0.717) is 34.7 Å². The number of benzene rings is 4. The first-order valence-corrected chi connectivity index (χ1v) is 13.4. The van der Waals surface area contributed by atoms with Crippen LogP contribution in [-0.4, -0.2) is 29.6 Å². The summed E-state index contributed by atoms with van der Waals surface area (Å²) in [5.74, 6) is 1.23. The van der Waals surface area contributed by atoms with Gasteiger partial charge in [0, 0.05) is 6.54 Å². The molecule has 0 radical (unpaired) electrons. The molecule has 5 nitrogen and oxygen atoms in total. The smallest absolute Gasteiger partial charge is 0.266 e. The lowest BCUT2D eigenvalue weighted by atomic mass is 10.1. The molecular formula is C32H30N2O3S. The molecule has 0 atom stereocenters. The average Bonchev–Trinajstić information content (AvgIpc) is 3.23. The second kappa shape index (κ2) is 11.2. The molecule has 0 saturated carbocycles. The number of aliphatic imine (C=N–C) groups is 1. The van der Waals surface area contributed by atoms with Gasteiger partial charge >= 0.3 is 0 Å². The highest BCUT2D eigenvalue weighted by Crippen LogP contribution is 2.37. The fourth-order valence-electron chi connectivity index (χ4n) is 4.57. The minimum atomic E-state index is -0.0438. The van der Waals surface area contributed by atoms with Crippen LogP contribution in [0, 0.1) is 13.8 Å². The highest BCUT2D eigenvalue weighted by molar-refractivity contribution is 8.18. The number of rotatable bonds is 7. The zero-order valence-electron chi connectivity index (χ0n) is 22.0. The number of ether oxygens (including phenoxy) is 2. The van der Waals surface area contributed by atoms with E-state index in [1.165, 1.54) is 22.5 Å². The Morgan fingerprint density at radius 2 is 1.66 bits per heavy atom. The minimum absolute atomic E-state index is 0.0438. The van der Waals surface area contributed by atoms with Crippen LogP contribution in [0.3, 0.4) is 0 Å². The van der Waals surface area contributed by atoms with Crippen LogP contribution in [-0.2, 0) is 11.4 Å². The standard InChI is InChI=1S/C32H30N2O3S/c1-5-34-31(35)29(38-32(34)33-30-21(2)10-8-11-22(30)3)19-23-16-17-27(28(18-23)36-4)37-20-25-14-9-13-24-12-6-7-15-26(24)25/h6-19H,5,20H2,1-4H3/b29-19+,33-32?. The van der Waals surface area contributed by atoms with Crippen LogP contribution >= 0.6 is 11.8 Å². The second-order valence-electron chi connectivity index (χ2n) is 9.13. The van der Waals surface area contributed by atoms with Crippen molar-refractivity contribution < 1.29 is 14.3 Å². The van der Waals surface area contributed by atoms with Crippen LogP contribution in [0.15, 0.2) is 88.8 Å². The molecule has 1 heterocycles. The normalized spacial score (nSPS) is 15.6. The Kier molecular flexibility index (Phi) is 7.52. The second-order valence-corrected chi connectivity index (χ2v) is 10.1. The summed E-state index contributed by atoms with van der Waals surface area (Å²) in [7, 11) is 1.63. The number of thioether (sulfide) groups is 1. The zero-order chi connectivity index (χ0) is 26.6. The molecule has 1 amide bonds. The van der Waals surface area contributed by atoms with Crippen LogP contribution in [0.2, 0.25) is 0 Å². The Labute approximate surface area is 227 Å². The van der Waals surface area contributed by atoms with Crippen molar-refractivity contribution in [3.05, 3.63) is 106 Å². The predicted octanol–water partition coefficient (Wildman–Crippen LogP) is 7.67. The molecule has 1 saturated heterocycles. The number of aryl methyl sites for hydroxylation is 2. The van der Waals surface area contributed by atoms with Gasteiger partial charge in [-0.15, -0.1) is 0 Å². The first-order valence-electron chi connectivity index (χ1n) is 12.6. The van der Waals surface area contributed by atoms with E-state index in [-0.39, 0.29) is 5.91 Å². The monoisotopic (exact) mass is 522 g/mol. The van der Waals surface area contributed by atoms with Gasteiger partial charge in [0.05, 0.1) is 17.7 Å². The quantitative estimate of drug-likeness (QED) is 0.234. The summed E-state index contributed by atoms with van der Waals surface area (Å²) in [4.78, 5) is 20.4. The van der Waals surface area contributed by atoms with Gasteiger partial charge in [-0.2, -0.15) is 0 Å². The third-order valence-electron chi connectivity index (χ3n) is 6.60. The summed E-state index contributed by atoms with van der Waals surface area (Å²) in [6.07, 6.45) is 1.89. The maximum atomic E-state index is 13.2. The van der Waals surface area contributed by atoms with Crippen molar-refractivity contribution in [1.29, 1.82) is 0 Å². The molecule has 1 aliphatic rings. The van der Waals surface area contributed by atoms with Crippen molar-refractivity contribution in [2.24, 2.45) is 4.99 Å². The van der Waals surface area contributed by atoms with E-state index in [9.17, 15) is 4.79 Å². The Hall–Kier alpha value is -4.03. The summed E-state index contributed by atoms with van der Waals surface area (Å²) >= 11 is 1.40. The SMILES string of the molecule is CCN1C(=O)/C(=C\c2ccc(OCc3cccc4ccccc34)c(OC)c2)SC1=Nc1c(C)cccc1C. The van der Waals surface area contributed by atoms with Crippen molar-refractivity contribution in [2.45, 2.75) is 27.4 Å². The van der Waals surface area contributed by atoms with Crippen LogP contribution in [0.5, 0.6) is 11.5 Å². The van der Waals surface area contributed by atoms with Gasteiger partial charge in [0.15, 0.2) is 16.7 Å². The number of amides is 1. The number of carbonyl (C=O) groups excluding carboxylic acids is 1. The summed E-state index contributed by atoms with van der Waals surface area (Å²) in [6.45, 7) is 7.02. The average molecular weight is 523 g/mol. The number of nitrogens with zero attached hydrogens (tertiary/aromatic N) is 2. The van der Waals surface area contributed by atoms with Gasteiger partial charge in [0.25, 0.3) is 5.91 Å². The molecule has 6 heteroatoms. The summed E-state index contributed by atoms with van der Waals surface area (Å²) < 4.78 is 11.8. The highest BCUT2D eigenvalue weighted by atomic mass is 32.2. The molecule has 0 aromatic heterocycles. The number of amidine groups is 1. The van der Waals surface area contributed by atoms with Gasteiger partial charge in [-0.25, -0.2) is 4.99 Å². The van der Waals surface area contributed by atoms with E-state index in [0.717, 1.165) is 27.9 Å². The molecule has 0 spiro atoms. The molecule has 1 aliphatic heterocycles. The van der Waals surface area contributed by atoms with E-state index in [1.807, 2.05) is 81.4 Å². The van der Waals surface area contributed by atoms with Crippen LogP contribution in [0.4, 0.5) is 5.69 Å². The molecule has 192 valence electrons. The lowest BCUT2D eigenvalue weighted by Crippen LogP contribution is -2.28. The first kappa shape index (κ1) is 25.6. The zero-order valence-corrected chi connectivity index (χ0v) is 22.8. The number of likely N-dealkylation sites (N-methyl/N-ethyl adjacent to an activating group) is 1. The lowest BCUT2D eigenvalue weighted by Gasteiger charge is -2.13. The summed E-state index contributed by atoms with van der Waals surface area (Å²) in [5.41, 5.74) is 5.06. The Morgan fingerprint density at radius 1 is 0.921 bits per heavy atom. The molecule has 0 N–H and O–H groups in total. The van der Waals surface area contributed by atoms with Crippen molar-refractivity contribution in [3.63, 3.8) is 0 Å². The van der Waals surface area contributed by atoms with E-state index < -0.39 is 0 Å². The van der Waals surface area contributed by atoms with Gasteiger partial charge in [-0.3, -0.25) is 9.69 Å². The molecule has 0 bridgehead atoms. The van der Waals surface area contributed by atoms with E-state index in [2.05, 4.69) is 24.3 Å². The number of methoxy groups -OCH3 is 1. The molecule has 0 unspecified atom stereocenters. The highest BCUT2D eigenvalue weighted by Gasteiger charge is 2.32. The van der Waals surface area contributed by atoms with Gasteiger partial charge in [0.2, 0.25) is 0 Å². The van der Waals surface area contributed by atoms with Gasteiger partial charge < -0.3 is 9.47 Å². The number of fused-ring (bicyclic) bond motifs is 1. The predicted molar refractivity (Wildman–Crippen MR) is 157 cm³/mol. The third-order valence-corrected chi connectivity index (χ3v) is 7.61. The fourth-order valence-corrected chi connectivity index (χ4v) is 5.61. The van der Waals surface area contributed by atoms with E-state index >= 15 is 0 Å². The van der Waals surface area contributed by atoms with Crippen molar-refractivity contribution >= 4 is 45.4 Å². The molecular weight excluding hydrogens is 492 g/mol. The number of carbonyl (C=O) groups is 1. The molecule has 0 aliphatic carbocycles. The fraction of sp³-hybridized carbons (Fsp3) is 0.188. The maximum Gasteiger partial charge on any atom is 0.266 e. The van der Waals surface area contributed by atoms with Crippen molar-refractivity contribution in [1.82, 2.24) is 4.90 Å². The Bertz CT molecular complexity index is 1550. The first-order chi connectivity index (χ1) is 18.5. The summed E-state index contributed by atoms with van der Waals surface area (Å²) in [5, 5.41) is 3.05. The van der Waals surface area contributed by atoms with Gasteiger partial charge in [-0.1, -0.05) is 66.7 Å². The topological polar surface area (TPSA) is 51.1 Å². The van der Waals surface area contributed by atoms with E-state index in [1.54, 1.807) is 12.0 Å². The van der Waals surface area contributed by atoms with Crippen LogP contribution in [0.1, 0.15) is 29.2 Å². The number of para-hydroxylation sites is 1.